The minimum Gasteiger partial charge on any atom is -0.365 e. The fraction of sp³-hybridized carbons (Fsp3) is 0.333. The average molecular weight is 290 g/mol. The van der Waals surface area contributed by atoms with Crippen LogP contribution in [0, 0.1) is 5.82 Å². The van der Waals surface area contributed by atoms with Gasteiger partial charge in [-0.3, -0.25) is 4.79 Å². The molecule has 0 bridgehead atoms. The van der Waals surface area contributed by atoms with E-state index in [0.717, 1.165) is 6.42 Å². The Bertz CT molecular complexity index is 656. The van der Waals surface area contributed by atoms with E-state index in [2.05, 4.69) is 10.5 Å². The van der Waals surface area contributed by atoms with Gasteiger partial charge in [-0.25, -0.2) is 4.39 Å². The minimum absolute atomic E-state index is 0.0981. The van der Waals surface area contributed by atoms with E-state index in [-0.39, 0.29) is 17.8 Å². The molecule has 2 heterocycles. The molecule has 0 spiro atoms. The number of benzene rings is 1. The summed E-state index contributed by atoms with van der Waals surface area (Å²) in [6.07, 6.45) is 1.21. The van der Waals surface area contributed by atoms with Gasteiger partial charge in [0.1, 0.15) is 11.9 Å². The number of hydrogen-bond acceptors (Lipinski definition) is 4. The zero-order valence-electron chi connectivity index (χ0n) is 11.5. The number of amides is 1. The fourth-order valence-electron chi connectivity index (χ4n) is 2.31. The zero-order valence-corrected chi connectivity index (χ0v) is 11.5. The van der Waals surface area contributed by atoms with Crippen molar-refractivity contribution in [2.24, 2.45) is 0 Å². The van der Waals surface area contributed by atoms with Gasteiger partial charge in [0, 0.05) is 11.6 Å². The predicted octanol–water partition coefficient (Wildman–Crippen LogP) is 2.99. The molecule has 1 aromatic carbocycles. The molecule has 0 radical (unpaired) electrons. The zero-order chi connectivity index (χ0) is 14.8. The van der Waals surface area contributed by atoms with Gasteiger partial charge in [0.05, 0.1) is 6.10 Å². The van der Waals surface area contributed by atoms with Gasteiger partial charge in [0.2, 0.25) is 0 Å². The lowest BCUT2D eigenvalue weighted by Crippen LogP contribution is -2.27. The largest absolute Gasteiger partial charge is 0.365 e. The Labute approximate surface area is 121 Å². The molecule has 0 saturated carbocycles. The molecule has 2 atom stereocenters. The monoisotopic (exact) mass is 290 g/mol. The molecule has 1 amide bonds. The third kappa shape index (κ3) is 3.11. The first-order valence-electron chi connectivity index (χ1n) is 6.81. The van der Waals surface area contributed by atoms with Crippen LogP contribution in [-0.4, -0.2) is 23.3 Å². The molecule has 1 aliphatic rings. The van der Waals surface area contributed by atoms with Crippen molar-refractivity contribution in [1.82, 2.24) is 5.16 Å². The number of ether oxygens (including phenoxy) is 1. The van der Waals surface area contributed by atoms with Crippen LogP contribution in [0.4, 0.5) is 10.2 Å². The summed E-state index contributed by atoms with van der Waals surface area (Å²) >= 11 is 0. The second-order valence-corrected chi connectivity index (χ2v) is 5.09. The van der Waals surface area contributed by atoms with Crippen LogP contribution in [0.15, 0.2) is 34.9 Å². The number of carbonyl (C=O) groups excluding carboxylic acids is 1. The Balaban J connectivity index is 1.69. The summed E-state index contributed by atoms with van der Waals surface area (Å²) in [5.74, 6) is 0.0918. The molecule has 1 aliphatic heterocycles. The third-order valence-electron chi connectivity index (χ3n) is 3.39. The summed E-state index contributed by atoms with van der Waals surface area (Å²) < 4.78 is 23.8. The average Bonchev–Trinajstić information content (AvgIpc) is 3.08. The van der Waals surface area contributed by atoms with Gasteiger partial charge in [-0.15, -0.1) is 0 Å². The summed E-state index contributed by atoms with van der Waals surface area (Å²) in [5, 5.41) is 6.41. The molecular weight excluding hydrogens is 275 g/mol. The molecule has 1 saturated heterocycles. The second kappa shape index (κ2) is 5.65. The van der Waals surface area contributed by atoms with E-state index in [9.17, 15) is 9.18 Å². The highest BCUT2D eigenvalue weighted by Crippen LogP contribution is 2.24. The standard InChI is InChI=1S/C15H15FN2O3/c1-9-5-6-12(20-9)15(19)17-14-8-13(21-18-14)10-3-2-4-11(16)7-10/h2-4,7-9,12H,5-6H2,1H3,(H,17,18,19)/t9-,12-/m0/s1. The van der Waals surface area contributed by atoms with Crippen LogP contribution in [-0.2, 0) is 9.53 Å². The number of rotatable bonds is 3. The number of aromatic nitrogens is 1. The molecule has 2 aromatic rings. The lowest BCUT2D eigenvalue weighted by molar-refractivity contribution is -0.126. The van der Waals surface area contributed by atoms with Gasteiger partial charge in [0.25, 0.3) is 5.91 Å². The van der Waals surface area contributed by atoms with E-state index < -0.39 is 6.10 Å². The van der Waals surface area contributed by atoms with Crippen molar-refractivity contribution in [2.45, 2.75) is 32.0 Å². The van der Waals surface area contributed by atoms with Gasteiger partial charge in [-0.05, 0) is 31.9 Å². The minimum atomic E-state index is -0.450. The van der Waals surface area contributed by atoms with Gasteiger partial charge >= 0.3 is 0 Å². The normalized spacial score (nSPS) is 21.4. The lowest BCUT2D eigenvalue weighted by Gasteiger charge is -2.09. The molecule has 6 heteroatoms. The molecular formula is C15H15FN2O3. The second-order valence-electron chi connectivity index (χ2n) is 5.09. The molecule has 110 valence electrons. The Morgan fingerprint density at radius 3 is 2.95 bits per heavy atom. The first-order chi connectivity index (χ1) is 10.1. The lowest BCUT2D eigenvalue weighted by atomic mass is 10.1. The number of carbonyl (C=O) groups is 1. The maximum atomic E-state index is 13.2. The summed E-state index contributed by atoms with van der Waals surface area (Å²) in [4.78, 5) is 12.0. The van der Waals surface area contributed by atoms with Crippen LogP contribution >= 0.6 is 0 Å². The fourth-order valence-corrected chi connectivity index (χ4v) is 2.31. The molecule has 1 fully saturated rings. The van der Waals surface area contributed by atoms with E-state index >= 15 is 0 Å². The number of hydrogen-bond donors (Lipinski definition) is 1. The maximum Gasteiger partial charge on any atom is 0.254 e. The summed E-state index contributed by atoms with van der Waals surface area (Å²) in [6.45, 7) is 1.94. The smallest absolute Gasteiger partial charge is 0.254 e. The van der Waals surface area contributed by atoms with Gasteiger partial charge in [-0.1, -0.05) is 17.3 Å². The van der Waals surface area contributed by atoms with Crippen molar-refractivity contribution in [3.63, 3.8) is 0 Å². The summed E-state index contributed by atoms with van der Waals surface area (Å²) in [7, 11) is 0. The number of nitrogens with zero attached hydrogens (tertiary/aromatic N) is 1. The van der Waals surface area contributed by atoms with Crippen LogP contribution < -0.4 is 5.32 Å². The van der Waals surface area contributed by atoms with E-state index in [1.807, 2.05) is 6.92 Å². The highest BCUT2D eigenvalue weighted by atomic mass is 19.1. The molecule has 21 heavy (non-hydrogen) atoms. The van der Waals surface area contributed by atoms with Crippen molar-refractivity contribution < 1.29 is 18.4 Å². The molecule has 3 rings (SSSR count). The van der Waals surface area contributed by atoms with Crippen molar-refractivity contribution in [2.75, 3.05) is 5.32 Å². The molecule has 5 nitrogen and oxygen atoms in total. The Morgan fingerprint density at radius 2 is 2.24 bits per heavy atom. The van der Waals surface area contributed by atoms with Crippen molar-refractivity contribution in [3.05, 3.63) is 36.1 Å². The Morgan fingerprint density at radius 1 is 1.38 bits per heavy atom. The van der Waals surface area contributed by atoms with Crippen LogP contribution in [0.5, 0.6) is 0 Å². The van der Waals surface area contributed by atoms with Gasteiger partial charge < -0.3 is 14.6 Å². The van der Waals surface area contributed by atoms with Crippen molar-refractivity contribution in [3.8, 4) is 11.3 Å². The van der Waals surface area contributed by atoms with Crippen molar-refractivity contribution in [1.29, 1.82) is 0 Å². The molecule has 1 N–H and O–H groups in total. The first kappa shape index (κ1) is 13.8. The van der Waals surface area contributed by atoms with Crippen LogP contribution in [0.2, 0.25) is 0 Å². The number of halogens is 1. The molecule has 1 aromatic heterocycles. The van der Waals surface area contributed by atoms with Crippen LogP contribution in [0.1, 0.15) is 19.8 Å². The SMILES string of the molecule is C[C@H]1CC[C@@H](C(=O)Nc2cc(-c3cccc(F)c3)on2)O1. The molecule has 0 aliphatic carbocycles. The quantitative estimate of drug-likeness (QED) is 0.943. The van der Waals surface area contributed by atoms with Crippen LogP contribution in [0.3, 0.4) is 0 Å². The third-order valence-corrected chi connectivity index (χ3v) is 3.39. The van der Waals surface area contributed by atoms with Crippen LogP contribution in [0.25, 0.3) is 11.3 Å². The number of anilines is 1. The van der Waals surface area contributed by atoms with E-state index in [1.54, 1.807) is 18.2 Å². The molecule has 0 unspecified atom stereocenters. The van der Waals surface area contributed by atoms with E-state index in [4.69, 9.17) is 9.26 Å². The Hall–Kier alpha value is -2.21. The van der Waals surface area contributed by atoms with E-state index in [0.29, 0.717) is 23.6 Å². The Kier molecular flexibility index (Phi) is 3.70. The van der Waals surface area contributed by atoms with E-state index in [1.165, 1.54) is 12.1 Å². The summed E-state index contributed by atoms with van der Waals surface area (Å²) in [6, 6.07) is 7.54. The highest BCUT2D eigenvalue weighted by Gasteiger charge is 2.28. The van der Waals surface area contributed by atoms with Gasteiger partial charge in [0.15, 0.2) is 11.6 Å². The number of nitrogens with one attached hydrogen (secondary N) is 1. The van der Waals surface area contributed by atoms with Crippen molar-refractivity contribution >= 4 is 11.7 Å². The predicted molar refractivity (Wildman–Crippen MR) is 74.1 cm³/mol. The first-order valence-corrected chi connectivity index (χ1v) is 6.81. The summed E-state index contributed by atoms with van der Waals surface area (Å²) in [5.41, 5.74) is 0.564. The maximum absolute atomic E-state index is 13.2. The van der Waals surface area contributed by atoms with Gasteiger partial charge in [-0.2, -0.15) is 0 Å². The highest BCUT2D eigenvalue weighted by molar-refractivity contribution is 5.93. The topological polar surface area (TPSA) is 64.4 Å².